The summed E-state index contributed by atoms with van der Waals surface area (Å²) >= 11 is 0. The molecule has 1 aromatic rings. The highest BCUT2D eigenvalue weighted by molar-refractivity contribution is 5.68. The number of carbonyl (C=O) groups is 1. The molecule has 1 unspecified atom stereocenters. The fourth-order valence-corrected chi connectivity index (χ4v) is 2.43. The zero-order valence-electron chi connectivity index (χ0n) is 13.6. The predicted octanol–water partition coefficient (Wildman–Crippen LogP) is 2.85. The van der Waals surface area contributed by atoms with Crippen molar-refractivity contribution in [3.8, 4) is 12.1 Å². The van der Waals surface area contributed by atoms with E-state index in [-0.39, 0.29) is 12.1 Å². The van der Waals surface area contributed by atoms with Crippen molar-refractivity contribution in [1.82, 2.24) is 4.90 Å². The Hall–Kier alpha value is -2.73. The van der Waals surface area contributed by atoms with Crippen molar-refractivity contribution in [2.24, 2.45) is 0 Å². The van der Waals surface area contributed by atoms with E-state index in [4.69, 9.17) is 15.3 Å². The van der Waals surface area contributed by atoms with Gasteiger partial charge in [-0.2, -0.15) is 10.5 Å². The molecule has 0 radical (unpaired) electrons. The molecule has 1 aliphatic heterocycles. The summed E-state index contributed by atoms with van der Waals surface area (Å²) < 4.78 is 5.37. The standard InChI is InChI=1S/C17H20N4O2/c1-17(2,3)23-16(22)21-7-6-15(11-21)20-14-5-4-12(9-18)13(8-14)10-19/h4-5,8,15,20H,6-7,11H2,1-3H3. The third-order valence-corrected chi connectivity index (χ3v) is 3.47. The first-order valence-corrected chi connectivity index (χ1v) is 7.51. The van der Waals surface area contributed by atoms with Crippen LogP contribution in [0.25, 0.3) is 0 Å². The molecule has 6 nitrogen and oxygen atoms in total. The zero-order chi connectivity index (χ0) is 17.0. The maximum absolute atomic E-state index is 12.0. The van der Waals surface area contributed by atoms with Crippen LogP contribution in [-0.2, 0) is 4.74 Å². The van der Waals surface area contributed by atoms with Crippen LogP contribution in [0.15, 0.2) is 18.2 Å². The Kier molecular flexibility index (Phi) is 4.76. The fourth-order valence-electron chi connectivity index (χ4n) is 2.43. The normalized spacial score (nSPS) is 17.3. The van der Waals surface area contributed by atoms with Crippen LogP contribution in [0.4, 0.5) is 10.5 Å². The van der Waals surface area contributed by atoms with Gasteiger partial charge in [-0.3, -0.25) is 0 Å². The Morgan fingerprint density at radius 1 is 1.30 bits per heavy atom. The van der Waals surface area contributed by atoms with E-state index in [0.29, 0.717) is 24.2 Å². The summed E-state index contributed by atoms with van der Waals surface area (Å²) in [5, 5.41) is 21.3. The maximum atomic E-state index is 12.0. The molecule has 0 bridgehead atoms. The van der Waals surface area contributed by atoms with Crippen LogP contribution in [0.5, 0.6) is 0 Å². The molecule has 1 fully saturated rings. The van der Waals surface area contributed by atoms with Crippen molar-refractivity contribution in [3.05, 3.63) is 29.3 Å². The fraction of sp³-hybridized carbons (Fsp3) is 0.471. The van der Waals surface area contributed by atoms with E-state index in [0.717, 1.165) is 12.1 Å². The Morgan fingerprint density at radius 3 is 2.61 bits per heavy atom. The third-order valence-electron chi connectivity index (χ3n) is 3.47. The van der Waals surface area contributed by atoms with Crippen molar-refractivity contribution in [3.63, 3.8) is 0 Å². The van der Waals surface area contributed by atoms with Gasteiger partial charge in [0, 0.05) is 24.8 Å². The molecule has 0 spiro atoms. The van der Waals surface area contributed by atoms with Gasteiger partial charge in [0.2, 0.25) is 0 Å². The SMILES string of the molecule is CC(C)(C)OC(=O)N1CCC(Nc2ccc(C#N)c(C#N)c2)C1. The molecule has 1 atom stereocenters. The van der Waals surface area contributed by atoms with Crippen molar-refractivity contribution < 1.29 is 9.53 Å². The smallest absolute Gasteiger partial charge is 0.410 e. The number of anilines is 1. The second-order valence-electron chi connectivity index (χ2n) is 6.54. The molecular formula is C17H20N4O2. The van der Waals surface area contributed by atoms with Gasteiger partial charge < -0.3 is 15.0 Å². The predicted molar refractivity (Wildman–Crippen MR) is 85.7 cm³/mol. The van der Waals surface area contributed by atoms with Gasteiger partial charge >= 0.3 is 6.09 Å². The van der Waals surface area contributed by atoms with E-state index in [1.54, 1.807) is 23.1 Å². The molecule has 1 aliphatic rings. The van der Waals surface area contributed by atoms with Crippen molar-refractivity contribution >= 4 is 11.8 Å². The molecule has 1 aromatic carbocycles. The first-order chi connectivity index (χ1) is 10.8. The highest BCUT2D eigenvalue weighted by atomic mass is 16.6. The number of nitrogens with one attached hydrogen (secondary N) is 1. The van der Waals surface area contributed by atoms with Gasteiger partial charge in [0.1, 0.15) is 17.7 Å². The van der Waals surface area contributed by atoms with Gasteiger partial charge in [-0.25, -0.2) is 4.79 Å². The highest BCUT2D eigenvalue weighted by Gasteiger charge is 2.29. The molecule has 1 amide bonds. The molecule has 1 saturated heterocycles. The van der Waals surface area contributed by atoms with Crippen LogP contribution >= 0.6 is 0 Å². The van der Waals surface area contributed by atoms with Gasteiger partial charge in [0.05, 0.1) is 11.1 Å². The molecule has 0 aliphatic carbocycles. The quantitative estimate of drug-likeness (QED) is 0.907. The second-order valence-corrected chi connectivity index (χ2v) is 6.54. The summed E-state index contributed by atoms with van der Waals surface area (Å²) in [5.74, 6) is 0. The number of hydrogen-bond donors (Lipinski definition) is 1. The number of benzene rings is 1. The Balaban J connectivity index is 1.97. The average Bonchev–Trinajstić information content (AvgIpc) is 2.94. The van der Waals surface area contributed by atoms with Crippen molar-refractivity contribution in [2.45, 2.75) is 38.8 Å². The lowest BCUT2D eigenvalue weighted by Gasteiger charge is -2.24. The van der Waals surface area contributed by atoms with E-state index >= 15 is 0 Å². The number of nitriles is 2. The molecule has 1 heterocycles. The number of rotatable bonds is 2. The van der Waals surface area contributed by atoms with Crippen LogP contribution in [0.2, 0.25) is 0 Å². The molecule has 6 heteroatoms. The van der Waals surface area contributed by atoms with Crippen LogP contribution in [-0.4, -0.2) is 35.7 Å². The maximum Gasteiger partial charge on any atom is 0.410 e. The lowest BCUT2D eigenvalue weighted by molar-refractivity contribution is 0.0293. The van der Waals surface area contributed by atoms with E-state index in [1.165, 1.54) is 0 Å². The number of amides is 1. The Bertz CT molecular complexity index is 679. The molecule has 0 saturated carbocycles. The minimum atomic E-state index is -0.503. The molecular weight excluding hydrogens is 292 g/mol. The van der Waals surface area contributed by atoms with Crippen LogP contribution in [0.1, 0.15) is 38.3 Å². The minimum absolute atomic E-state index is 0.0991. The molecule has 0 aromatic heterocycles. The first-order valence-electron chi connectivity index (χ1n) is 7.51. The van der Waals surface area contributed by atoms with E-state index in [1.807, 2.05) is 32.9 Å². The van der Waals surface area contributed by atoms with Crippen molar-refractivity contribution in [1.29, 1.82) is 10.5 Å². The van der Waals surface area contributed by atoms with Crippen LogP contribution in [0, 0.1) is 22.7 Å². The first kappa shape index (κ1) is 16.6. The summed E-state index contributed by atoms with van der Waals surface area (Å²) in [4.78, 5) is 13.7. The monoisotopic (exact) mass is 312 g/mol. The molecule has 120 valence electrons. The summed E-state index contributed by atoms with van der Waals surface area (Å²) in [6.07, 6.45) is 0.501. The molecule has 1 N–H and O–H groups in total. The average molecular weight is 312 g/mol. The lowest BCUT2D eigenvalue weighted by Crippen LogP contribution is -2.36. The van der Waals surface area contributed by atoms with Gasteiger partial charge in [-0.05, 0) is 45.4 Å². The van der Waals surface area contributed by atoms with Gasteiger partial charge in [0.15, 0.2) is 0 Å². The van der Waals surface area contributed by atoms with Gasteiger partial charge in [-0.15, -0.1) is 0 Å². The largest absolute Gasteiger partial charge is 0.444 e. The highest BCUT2D eigenvalue weighted by Crippen LogP contribution is 2.20. The second kappa shape index (κ2) is 6.58. The van der Waals surface area contributed by atoms with E-state index in [9.17, 15) is 4.79 Å². The molecule has 2 rings (SSSR count). The minimum Gasteiger partial charge on any atom is -0.444 e. The van der Waals surface area contributed by atoms with E-state index in [2.05, 4.69) is 5.32 Å². The van der Waals surface area contributed by atoms with Crippen LogP contribution in [0.3, 0.4) is 0 Å². The Labute approximate surface area is 136 Å². The van der Waals surface area contributed by atoms with E-state index < -0.39 is 5.60 Å². The van der Waals surface area contributed by atoms with Crippen molar-refractivity contribution in [2.75, 3.05) is 18.4 Å². The zero-order valence-corrected chi connectivity index (χ0v) is 13.6. The summed E-state index contributed by atoms with van der Waals surface area (Å²) in [6, 6.07) is 9.17. The third kappa shape index (κ3) is 4.37. The van der Waals surface area contributed by atoms with Crippen LogP contribution < -0.4 is 5.32 Å². The number of nitrogens with zero attached hydrogens (tertiary/aromatic N) is 3. The summed E-state index contributed by atoms with van der Waals surface area (Å²) in [6.45, 7) is 6.72. The number of carbonyl (C=O) groups excluding carboxylic acids is 1. The topological polar surface area (TPSA) is 89.2 Å². The lowest BCUT2D eigenvalue weighted by atomic mass is 10.1. The summed E-state index contributed by atoms with van der Waals surface area (Å²) in [5.41, 5.74) is 0.980. The molecule has 23 heavy (non-hydrogen) atoms. The number of hydrogen-bond acceptors (Lipinski definition) is 5. The Morgan fingerprint density at radius 2 is 2.00 bits per heavy atom. The van der Waals surface area contributed by atoms with Gasteiger partial charge in [0.25, 0.3) is 0 Å². The number of likely N-dealkylation sites (tertiary alicyclic amines) is 1. The van der Waals surface area contributed by atoms with Gasteiger partial charge in [-0.1, -0.05) is 0 Å². The number of ether oxygens (including phenoxy) is 1. The summed E-state index contributed by atoms with van der Waals surface area (Å²) in [7, 11) is 0.